The Morgan fingerprint density at radius 1 is 1.36 bits per heavy atom. The average Bonchev–Trinajstić information content (AvgIpc) is 3.06. The van der Waals surface area contributed by atoms with Crippen LogP contribution in [0.15, 0.2) is 41.5 Å². The smallest absolute Gasteiger partial charge is 0.262 e. The molecule has 25 heavy (non-hydrogen) atoms. The van der Waals surface area contributed by atoms with Gasteiger partial charge in [-0.15, -0.1) is 11.3 Å². The van der Waals surface area contributed by atoms with Crippen LogP contribution in [0.1, 0.15) is 24.8 Å². The Morgan fingerprint density at radius 2 is 2.08 bits per heavy atom. The van der Waals surface area contributed by atoms with E-state index in [0.717, 1.165) is 11.3 Å². The summed E-state index contributed by atoms with van der Waals surface area (Å²) in [5.74, 6) is 0.431. The summed E-state index contributed by atoms with van der Waals surface area (Å²) in [6, 6.07) is 8.21. The number of aryl methyl sites for hydroxylation is 1. The molecule has 0 fully saturated rings. The molecule has 2 aromatic heterocycles. The zero-order valence-corrected chi connectivity index (χ0v) is 15.1. The fraction of sp³-hybridized carbons (Fsp3) is 0.278. The van der Waals surface area contributed by atoms with E-state index in [2.05, 4.69) is 10.3 Å². The Hall–Kier alpha value is -2.67. The normalized spacial score (nSPS) is 12.1. The van der Waals surface area contributed by atoms with Crippen LogP contribution in [0.4, 0.5) is 5.69 Å². The molecular formula is C18H19N3O3S. The van der Waals surface area contributed by atoms with Gasteiger partial charge in [0.15, 0.2) is 0 Å². The maximum absolute atomic E-state index is 12.7. The Morgan fingerprint density at radius 3 is 2.72 bits per heavy atom. The topological polar surface area (TPSA) is 73.2 Å². The van der Waals surface area contributed by atoms with E-state index >= 15 is 0 Å². The molecule has 0 radical (unpaired) electrons. The van der Waals surface area contributed by atoms with Crippen LogP contribution < -0.4 is 15.6 Å². The lowest BCUT2D eigenvalue weighted by molar-refractivity contribution is -0.118. The van der Waals surface area contributed by atoms with E-state index in [-0.39, 0.29) is 11.5 Å². The Bertz CT molecular complexity index is 960. The number of fused-ring (bicyclic) bond motifs is 1. The molecule has 0 bridgehead atoms. The SMILES string of the molecule is CCc1cc2c(=O)n([C@H](C)C(=O)Nc3ccc(OC)cc3)cnc2s1. The van der Waals surface area contributed by atoms with E-state index in [1.165, 1.54) is 22.2 Å². The zero-order valence-electron chi connectivity index (χ0n) is 14.3. The van der Waals surface area contributed by atoms with Gasteiger partial charge in [0.25, 0.3) is 5.56 Å². The van der Waals surface area contributed by atoms with E-state index in [1.54, 1.807) is 38.3 Å². The molecule has 0 aliphatic heterocycles. The predicted octanol–water partition coefficient (Wildman–Crippen LogP) is 3.23. The number of anilines is 1. The molecule has 0 unspecified atom stereocenters. The van der Waals surface area contributed by atoms with E-state index < -0.39 is 6.04 Å². The Balaban J connectivity index is 1.84. The summed E-state index contributed by atoms with van der Waals surface area (Å²) in [7, 11) is 1.58. The number of methoxy groups -OCH3 is 1. The van der Waals surface area contributed by atoms with Crippen LogP contribution in [0.25, 0.3) is 10.2 Å². The molecule has 0 saturated heterocycles. The minimum atomic E-state index is -0.670. The molecule has 130 valence electrons. The maximum atomic E-state index is 12.7. The van der Waals surface area contributed by atoms with Crippen molar-refractivity contribution in [3.8, 4) is 5.75 Å². The number of aromatic nitrogens is 2. The number of hydrogen-bond acceptors (Lipinski definition) is 5. The standard InChI is InChI=1S/C18H19N3O3S/c1-4-14-9-15-17(25-14)19-10-21(18(15)23)11(2)16(22)20-12-5-7-13(24-3)8-6-12/h5-11H,4H2,1-3H3,(H,20,22)/t11-/m1/s1. The molecular weight excluding hydrogens is 338 g/mol. The predicted molar refractivity (Wildman–Crippen MR) is 99.6 cm³/mol. The van der Waals surface area contributed by atoms with Crippen molar-refractivity contribution in [2.24, 2.45) is 0 Å². The first-order valence-electron chi connectivity index (χ1n) is 7.98. The number of nitrogens with one attached hydrogen (secondary N) is 1. The fourth-order valence-electron chi connectivity index (χ4n) is 2.48. The summed E-state index contributed by atoms with van der Waals surface area (Å²) in [5, 5.41) is 3.37. The van der Waals surface area contributed by atoms with Gasteiger partial charge in [0.1, 0.15) is 16.6 Å². The van der Waals surface area contributed by atoms with Crippen molar-refractivity contribution in [1.82, 2.24) is 9.55 Å². The first-order valence-corrected chi connectivity index (χ1v) is 8.79. The second-order valence-corrected chi connectivity index (χ2v) is 6.75. The number of nitrogens with zero attached hydrogens (tertiary/aromatic N) is 2. The Kier molecular flexibility index (Phi) is 4.85. The monoisotopic (exact) mass is 357 g/mol. The number of amides is 1. The summed E-state index contributed by atoms with van der Waals surface area (Å²) in [6.45, 7) is 3.72. The average molecular weight is 357 g/mol. The highest BCUT2D eigenvalue weighted by Gasteiger charge is 2.18. The van der Waals surface area contributed by atoms with Gasteiger partial charge in [0, 0.05) is 10.6 Å². The fourth-order valence-corrected chi connectivity index (χ4v) is 3.41. The molecule has 1 aromatic carbocycles. The lowest BCUT2D eigenvalue weighted by Crippen LogP contribution is -2.31. The number of rotatable bonds is 5. The van der Waals surface area contributed by atoms with Crippen molar-refractivity contribution in [3.05, 3.63) is 51.9 Å². The number of benzene rings is 1. The molecule has 1 atom stereocenters. The summed E-state index contributed by atoms with van der Waals surface area (Å²) in [5.41, 5.74) is 0.446. The molecule has 0 aliphatic carbocycles. The number of thiophene rings is 1. The van der Waals surface area contributed by atoms with Crippen molar-refractivity contribution in [2.45, 2.75) is 26.3 Å². The van der Waals surface area contributed by atoms with Crippen molar-refractivity contribution in [1.29, 1.82) is 0 Å². The molecule has 3 rings (SSSR count). The first-order chi connectivity index (χ1) is 12.0. The van der Waals surface area contributed by atoms with Gasteiger partial charge in [-0.3, -0.25) is 14.2 Å². The quantitative estimate of drug-likeness (QED) is 0.761. The lowest BCUT2D eigenvalue weighted by Gasteiger charge is -2.15. The zero-order chi connectivity index (χ0) is 18.0. The molecule has 0 saturated carbocycles. The van der Waals surface area contributed by atoms with Crippen LogP contribution in [0.2, 0.25) is 0 Å². The van der Waals surface area contributed by atoms with Gasteiger partial charge in [-0.05, 0) is 43.7 Å². The largest absolute Gasteiger partial charge is 0.497 e. The van der Waals surface area contributed by atoms with Gasteiger partial charge >= 0.3 is 0 Å². The third kappa shape index (κ3) is 3.41. The molecule has 1 N–H and O–H groups in total. The number of ether oxygens (including phenoxy) is 1. The van der Waals surface area contributed by atoms with Crippen LogP contribution >= 0.6 is 11.3 Å². The lowest BCUT2D eigenvalue weighted by atomic mass is 10.2. The second kappa shape index (κ2) is 7.06. The van der Waals surface area contributed by atoms with Crippen molar-refractivity contribution in [2.75, 3.05) is 12.4 Å². The second-order valence-electron chi connectivity index (χ2n) is 5.64. The Labute approximate surface area is 149 Å². The van der Waals surface area contributed by atoms with Crippen LogP contribution in [0, 0.1) is 0 Å². The highest BCUT2D eigenvalue weighted by atomic mass is 32.1. The third-order valence-corrected chi connectivity index (χ3v) is 5.22. The van der Waals surface area contributed by atoms with Gasteiger partial charge in [0.2, 0.25) is 5.91 Å². The summed E-state index contributed by atoms with van der Waals surface area (Å²) in [6.07, 6.45) is 2.30. The van der Waals surface area contributed by atoms with Gasteiger partial charge in [-0.2, -0.15) is 0 Å². The van der Waals surface area contributed by atoms with Crippen LogP contribution in [-0.4, -0.2) is 22.6 Å². The van der Waals surface area contributed by atoms with E-state index in [4.69, 9.17) is 4.74 Å². The molecule has 2 heterocycles. The molecule has 0 aliphatic rings. The van der Waals surface area contributed by atoms with E-state index in [1.807, 2.05) is 13.0 Å². The summed E-state index contributed by atoms with van der Waals surface area (Å²) in [4.78, 5) is 31.3. The van der Waals surface area contributed by atoms with E-state index in [0.29, 0.717) is 21.7 Å². The van der Waals surface area contributed by atoms with Gasteiger partial charge in [-0.25, -0.2) is 4.98 Å². The van der Waals surface area contributed by atoms with Crippen molar-refractivity contribution < 1.29 is 9.53 Å². The molecule has 3 aromatic rings. The van der Waals surface area contributed by atoms with Gasteiger partial charge < -0.3 is 10.1 Å². The summed E-state index contributed by atoms with van der Waals surface area (Å²) >= 11 is 1.51. The minimum Gasteiger partial charge on any atom is -0.497 e. The molecule has 7 heteroatoms. The van der Waals surface area contributed by atoms with Gasteiger partial charge in [-0.1, -0.05) is 6.92 Å². The van der Waals surface area contributed by atoms with Crippen LogP contribution in [0.5, 0.6) is 5.75 Å². The third-order valence-electron chi connectivity index (χ3n) is 4.03. The number of carbonyl (C=O) groups excluding carboxylic acids is 1. The highest BCUT2D eigenvalue weighted by molar-refractivity contribution is 7.18. The van der Waals surface area contributed by atoms with Crippen molar-refractivity contribution >= 4 is 33.1 Å². The van der Waals surface area contributed by atoms with Crippen LogP contribution in [-0.2, 0) is 11.2 Å². The maximum Gasteiger partial charge on any atom is 0.262 e. The number of carbonyl (C=O) groups is 1. The van der Waals surface area contributed by atoms with Crippen LogP contribution in [0.3, 0.4) is 0 Å². The van der Waals surface area contributed by atoms with Crippen molar-refractivity contribution in [3.63, 3.8) is 0 Å². The minimum absolute atomic E-state index is 0.196. The molecule has 6 nitrogen and oxygen atoms in total. The summed E-state index contributed by atoms with van der Waals surface area (Å²) < 4.78 is 6.46. The first kappa shape index (κ1) is 17.2. The molecule has 1 amide bonds. The molecule has 0 spiro atoms. The van der Waals surface area contributed by atoms with Gasteiger partial charge in [0.05, 0.1) is 18.8 Å². The highest BCUT2D eigenvalue weighted by Crippen LogP contribution is 2.22. The number of hydrogen-bond donors (Lipinski definition) is 1. The van der Waals surface area contributed by atoms with E-state index in [9.17, 15) is 9.59 Å².